The minimum Gasteiger partial charge on any atom is -0.497 e. The van der Waals surface area contributed by atoms with Gasteiger partial charge in [-0.2, -0.15) is 0 Å². The number of aryl methyl sites for hydroxylation is 1. The molecule has 0 aliphatic rings. The van der Waals surface area contributed by atoms with E-state index in [1.807, 2.05) is 55.5 Å². The highest BCUT2D eigenvalue weighted by molar-refractivity contribution is 5.79. The largest absolute Gasteiger partial charge is 0.497 e. The van der Waals surface area contributed by atoms with Crippen LogP contribution < -0.4 is 4.74 Å². The van der Waals surface area contributed by atoms with E-state index in [0.29, 0.717) is 6.42 Å². The van der Waals surface area contributed by atoms with Crippen molar-refractivity contribution in [2.45, 2.75) is 19.4 Å². The molecule has 4 heteroatoms. The van der Waals surface area contributed by atoms with Crippen molar-refractivity contribution < 1.29 is 14.6 Å². The Morgan fingerprint density at radius 1 is 1.22 bits per heavy atom. The van der Waals surface area contributed by atoms with Crippen LogP contribution in [0.3, 0.4) is 0 Å². The Balaban J connectivity index is 2.11. The maximum atomic E-state index is 12.5. The van der Waals surface area contributed by atoms with Gasteiger partial charge in [0.1, 0.15) is 5.75 Å². The molecule has 4 nitrogen and oxygen atoms in total. The third-order valence-electron chi connectivity index (χ3n) is 3.97. The van der Waals surface area contributed by atoms with Crippen LogP contribution in [0.5, 0.6) is 5.75 Å². The van der Waals surface area contributed by atoms with Gasteiger partial charge in [-0.3, -0.25) is 4.79 Å². The molecule has 1 atom stereocenters. The average molecular weight is 313 g/mol. The summed E-state index contributed by atoms with van der Waals surface area (Å²) in [4.78, 5) is 14.1. The normalized spacial score (nSPS) is 11.8. The molecule has 0 bridgehead atoms. The van der Waals surface area contributed by atoms with E-state index in [2.05, 4.69) is 0 Å². The van der Waals surface area contributed by atoms with Crippen LogP contribution in [-0.2, 0) is 11.2 Å². The van der Waals surface area contributed by atoms with E-state index >= 15 is 0 Å². The Morgan fingerprint density at radius 2 is 1.91 bits per heavy atom. The lowest BCUT2D eigenvalue weighted by Crippen LogP contribution is -2.34. The van der Waals surface area contributed by atoms with Crippen LogP contribution in [0.25, 0.3) is 0 Å². The van der Waals surface area contributed by atoms with Crippen LogP contribution in [0.1, 0.15) is 22.7 Å². The summed E-state index contributed by atoms with van der Waals surface area (Å²) in [5.74, 6) is 0.727. The maximum Gasteiger partial charge on any atom is 0.227 e. The number of benzene rings is 2. The molecular formula is C19H23NO3. The fraction of sp³-hybridized carbons (Fsp3) is 0.316. The summed E-state index contributed by atoms with van der Waals surface area (Å²) >= 11 is 0. The standard InChI is InChI=1S/C19H23NO3/c1-14-5-4-6-15(11-14)12-19(22)20(2)18(13-21)16-7-9-17(23-3)10-8-16/h4-11,18,21H,12-13H2,1-3H3. The molecule has 0 aliphatic carbocycles. The Morgan fingerprint density at radius 3 is 2.48 bits per heavy atom. The van der Waals surface area contributed by atoms with Crippen molar-refractivity contribution in [2.24, 2.45) is 0 Å². The van der Waals surface area contributed by atoms with Crippen molar-refractivity contribution >= 4 is 5.91 Å². The lowest BCUT2D eigenvalue weighted by atomic mass is 10.0. The molecule has 122 valence electrons. The Labute approximate surface area is 137 Å². The first kappa shape index (κ1) is 17.0. The molecule has 1 N–H and O–H groups in total. The fourth-order valence-electron chi connectivity index (χ4n) is 2.57. The van der Waals surface area contributed by atoms with Gasteiger partial charge in [-0.25, -0.2) is 0 Å². The number of likely N-dealkylation sites (N-methyl/N-ethyl adjacent to an activating group) is 1. The highest BCUT2D eigenvalue weighted by Gasteiger charge is 2.21. The van der Waals surface area contributed by atoms with Gasteiger partial charge in [0.15, 0.2) is 0 Å². The number of aliphatic hydroxyl groups is 1. The molecule has 0 fully saturated rings. The zero-order valence-electron chi connectivity index (χ0n) is 13.8. The quantitative estimate of drug-likeness (QED) is 0.892. The first-order chi connectivity index (χ1) is 11.0. The predicted octanol–water partition coefficient (Wildman–Crippen LogP) is 2.74. The Hall–Kier alpha value is -2.33. The van der Waals surface area contributed by atoms with Gasteiger partial charge >= 0.3 is 0 Å². The van der Waals surface area contributed by atoms with E-state index in [-0.39, 0.29) is 18.6 Å². The van der Waals surface area contributed by atoms with Gasteiger partial charge in [0.2, 0.25) is 5.91 Å². The number of aliphatic hydroxyl groups excluding tert-OH is 1. The van der Waals surface area contributed by atoms with E-state index in [1.54, 1.807) is 19.1 Å². The number of ether oxygens (including phenoxy) is 1. The summed E-state index contributed by atoms with van der Waals surface area (Å²) in [6.45, 7) is 1.88. The Bertz CT molecular complexity index is 652. The molecule has 0 spiro atoms. The minimum atomic E-state index is -0.363. The molecule has 1 amide bonds. The van der Waals surface area contributed by atoms with E-state index in [1.165, 1.54) is 0 Å². The van der Waals surface area contributed by atoms with E-state index in [4.69, 9.17) is 4.74 Å². The third-order valence-corrected chi connectivity index (χ3v) is 3.97. The van der Waals surface area contributed by atoms with E-state index in [0.717, 1.165) is 22.4 Å². The summed E-state index contributed by atoms with van der Waals surface area (Å²) in [6, 6.07) is 14.9. The second-order valence-electron chi connectivity index (χ2n) is 5.64. The summed E-state index contributed by atoms with van der Waals surface area (Å²) in [6.07, 6.45) is 0.324. The van der Waals surface area contributed by atoms with Crippen LogP contribution in [-0.4, -0.2) is 36.7 Å². The number of nitrogens with zero attached hydrogens (tertiary/aromatic N) is 1. The maximum absolute atomic E-state index is 12.5. The van der Waals surface area contributed by atoms with Gasteiger partial charge in [0, 0.05) is 7.05 Å². The van der Waals surface area contributed by atoms with Crippen molar-refractivity contribution in [2.75, 3.05) is 20.8 Å². The molecule has 0 aliphatic heterocycles. The molecule has 0 heterocycles. The molecule has 2 rings (SSSR count). The van der Waals surface area contributed by atoms with Crippen molar-refractivity contribution in [3.8, 4) is 5.75 Å². The second kappa shape index (κ2) is 7.79. The summed E-state index contributed by atoms with van der Waals surface area (Å²) in [7, 11) is 3.33. The Kier molecular flexibility index (Phi) is 5.77. The first-order valence-electron chi connectivity index (χ1n) is 7.61. The van der Waals surface area contributed by atoms with Crippen LogP contribution in [0.2, 0.25) is 0 Å². The molecule has 1 unspecified atom stereocenters. The van der Waals surface area contributed by atoms with Gasteiger partial charge in [-0.05, 0) is 30.2 Å². The lowest BCUT2D eigenvalue weighted by Gasteiger charge is -2.27. The van der Waals surface area contributed by atoms with Crippen LogP contribution >= 0.6 is 0 Å². The topological polar surface area (TPSA) is 49.8 Å². The molecule has 2 aromatic carbocycles. The molecule has 23 heavy (non-hydrogen) atoms. The van der Waals surface area contributed by atoms with Gasteiger partial charge in [-0.1, -0.05) is 42.0 Å². The summed E-state index contributed by atoms with van der Waals surface area (Å²) in [5.41, 5.74) is 2.99. The van der Waals surface area contributed by atoms with Gasteiger partial charge in [-0.15, -0.1) is 0 Å². The zero-order chi connectivity index (χ0) is 16.8. The number of methoxy groups -OCH3 is 1. The number of rotatable bonds is 6. The molecule has 2 aromatic rings. The van der Waals surface area contributed by atoms with Gasteiger partial charge in [0.05, 0.1) is 26.2 Å². The van der Waals surface area contributed by atoms with E-state index < -0.39 is 0 Å². The molecule has 0 saturated heterocycles. The highest BCUT2D eigenvalue weighted by Crippen LogP contribution is 2.22. The zero-order valence-corrected chi connectivity index (χ0v) is 13.8. The van der Waals surface area contributed by atoms with Crippen molar-refractivity contribution in [3.63, 3.8) is 0 Å². The fourth-order valence-corrected chi connectivity index (χ4v) is 2.57. The monoisotopic (exact) mass is 313 g/mol. The first-order valence-corrected chi connectivity index (χ1v) is 7.61. The average Bonchev–Trinajstić information content (AvgIpc) is 2.56. The van der Waals surface area contributed by atoms with Gasteiger partial charge in [0.25, 0.3) is 0 Å². The predicted molar refractivity (Wildman–Crippen MR) is 90.5 cm³/mol. The van der Waals surface area contributed by atoms with Crippen molar-refractivity contribution in [3.05, 3.63) is 65.2 Å². The SMILES string of the molecule is COc1ccc(C(CO)N(C)C(=O)Cc2cccc(C)c2)cc1. The number of hydrogen-bond acceptors (Lipinski definition) is 3. The number of carbonyl (C=O) groups is 1. The number of carbonyl (C=O) groups excluding carboxylic acids is 1. The smallest absolute Gasteiger partial charge is 0.227 e. The summed E-state index contributed by atoms with van der Waals surface area (Å²) in [5, 5.41) is 9.71. The van der Waals surface area contributed by atoms with Crippen molar-refractivity contribution in [1.29, 1.82) is 0 Å². The van der Waals surface area contributed by atoms with Crippen LogP contribution in [0.15, 0.2) is 48.5 Å². The van der Waals surface area contributed by atoms with E-state index in [9.17, 15) is 9.90 Å². The summed E-state index contributed by atoms with van der Waals surface area (Å²) < 4.78 is 5.14. The number of amides is 1. The van der Waals surface area contributed by atoms with Crippen molar-refractivity contribution in [1.82, 2.24) is 4.90 Å². The van der Waals surface area contributed by atoms with Crippen LogP contribution in [0.4, 0.5) is 0 Å². The van der Waals surface area contributed by atoms with Gasteiger partial charge < -0.3 is 14.7 Å². The molecule has 0 radical (unpaired) electrons. The highest BCUT2D eigenvalue weighted by atomic mass is 16.5. The lowest BCUT2D eigenvalue weighted by molar-refractivity contribution is -0.132. The molecule has 0 aromatic heterocycles. The molecule has 0 saturated carbocycles. The minimum absolute atomic E-state index is 0.0227. The number of hydrogen-bond donors (Lipinski definition) is 1. The van der Waals surface area contributed by atoms with Crippen LogP contribution in [0, 0.1) is 6.92 Å². The second-order valence-corrected chi connectivity index (χ2v) is 5.64. The molecular weight excluding hydrogens is 290 g/mol. The third kappa shape index (κ3) is 4.33.